The number of hydrogen-bond donors (Lipinski definition) is 0. The Morgan fingerprint density at radius 3 is 2.77 bits per heavy atom. The highest BCUT2D eigenvalue weighted by Gasteiger charge is 2.32. The van der Waals surface area contributed by atoms with Gasteiger partial charge in [-0.1, -0.05) is 0 Å². The molecule has 1 aromatic carbocycles. The number of ether oxygens (including phenoxy) is 3. The van der Waals surface area contributed by atoms with Crippen LogP contribution in [0.5, 0.6) is 11.5 Å². The van der Waals surface area contributed by atoms with Gasteiger partial charge in [-0.15, -0.1) is 0 Å². The van der Waals surface area contributed by atoms with Crippen molar-refractivity contribution in [3.8, 4) is 11.5 Å². The molecule has 8 heteroatoms. The summed E-state index contributed by atoms with van der Waals surface area (Å²) in [6.45, 7) is 9.02. The molecule has 2 aliphatic rings. The maximum Gasteiger partial charge on any atom is 0.339 e. The molecule has 0 N–H and O–H groups in total. The lowest BCUT2D eigenvalue weighted by molar-refractivity contribution is -0.151. The van der Waals surface area contributed by atoms with Crippen LogP contribution >= 0.6 is 0 Å². The summed E-state index contributed by atoms with van der Waals surface area (Å²) >= 11 is 0. The summed E-state index contributed by atoms with van der Waals surface area (Å²) in [5, 5.41) is 0.747. The van der Waals surface area contributed by atoms with E-state index >= 15 is 0 Å². The van der Waals surface area contributed by atoms with E-state index in [2.05, 4.69) is 0 Å². The average Bonchev–Trinajstić information content (AvgIpc) is 2.82. The Hall–Kier alpha value is -3.03. The fourth-order valence-electron chi connectivity index (χ4n) is 5.18. The van der Waals surface area contributed by atoms with Gasteiger partial charge in [0.1, 0.15) is 22.7 Å². The maximum atomic E-state index is 13.0. The monoisotopic (exact) mass is 485 g/mol. The summed E-state index contributed by atoms with van der Waals surface area (Å²) < 4.78 is 22.8. The molecule has 190 valence electrons. The number of nitrogens with zero attached hydrogens (tertiary/aromatic N) is 1. The number of likely N-dealkylation sites (tertiary alicyclic amines) is 1. The Balaban J connectivity index is 1.58. The van der Waals surface area contributed by atoms with Gasteiger partial charge >= 0.3 is 11.6 Å². The molecule has 2 aliphatic heterocycles. The highest BCUT2D eigenvalue weighted by Crippen LogP contribution is 2.43. The van der Waals surface area contributed by atoms with Gasteiger partial charge in [0.05, 0.1) is 25.0 Å². The predicted molar refractivity (Wildman–Crippen MR) is 131 cm³/mol. The topological polar surface area (TPSA) is 95.3 Å². The van der Waals surface area contributed by atoms with Crippen molar-refractivity contribution in [3.05, 3.63) is 33.2 Å². The van der Waals surface area contributed by atoms with Crippen LogP contribution in [0.25, 0.3) is 11.0 Å². The van der Waals surface area contributed by atoms with Crippen LogP contribution in [0.1, 0.15) is 63.1 Å². The van der Waals surface area contributed by atoms with E-state index in [0.717, 1.165) is 42.2 Å². The number of rotatable bonds is 6. The molecule has 3 heterocycles. The molecule has 8 nitrogen and oxygen atoms in total. The molecular weight excluding hydrogens is 450 g/mol. The molecule has 1 aromatic heterocycles. The Morgan fingerprint density at radius 1 is 1.29 bits per heavy atom. The molecule has 35 heavy (non-hydrogen) atoms. The van der Waals surface area contributed by atoms with Gasteiger partial charge in [0.15, 0.2) is 0 Å². The predicted octanol–water partition coefficient (Wildman–Crippen LogP) is 3.95. The number of amides is 1. The van der Waals surface area contributed by atoms with Gasteiger partial charge in [-0.05, 0) is 65.4 Å². The van der Waals surface area contributed by atoms with Crippen molar-refractivity contribution in [2.24, 2.45) is 5.92 Å². The zero-order chi connectivity index (χ0) is 25.3. The maximum absolute atomic E-state index is 13.0. The normalized spacial score (nSPS) is 19.1. The van der Waals surface area contributed by atoms with Crippen LogP contribution in [0.4, 0.5) is 0 Å². The first kappa shape index (κ1) is 25.1. The first-order valence-electron chi connectivity index (χ1n) is 12.4. The second-order valence-electron chi connectivity index (χ2n) is 10.0. The van der Waals surface area contributed by atoms with Crippen LogP contribution in [0, 0.1) is 12.8 Å². The molecule has 1 amide bonds. The van der Waals surface area contributed by atoms with E-state index in [1.807, 2.05) is 26.8 Å². The molecule has 0 unspecified atom stereocenters. The van der Waals surface area contributed by atoms with Gasteiger partial charge in [-0.2, -0.15) is 0 Å². The molecule has 0 saturated carbocycles. The van der Waals surface area contributed by atoms with Gasteiger partial charge in [0.25, 0.3) is 0 Å². The molecule has 0 radical (unpaired) electrons. The third kappa shape index (κ3) is 5.02. The molecule has 0 aliphatic carbocycles. The number of carbonyl (C=O) groups is 2. The van der Waals surface area contributed by atoms with Crippen molar-refractivity contribution in [1.82, 2.24) is 4.90 Å². The molecule has 1 saturated heterocycles. The van der Waals surface area contributed by atoms with E-state index in [9.17, 15) is 14.4 Å². The van der Waals surface area contributed by atoms with Crippen molar-refractivity contribution in [3.63, 3.8) is 0 Å². The highest BCUT2D eigenvalue weighted by molar-refractivity contribution is 5.92. The molecule has 1 fully saturated rings. The molecule has 4 rings (SSSR count). The van der Waals surface area contributed by atoms with Crippen LogP contribution < -0.4 is 15.1 Å². The molecule has 2 aromatic rings. The van der Waals surface area contributed by atoms with E-state index in [-0.39, 0.29) is 36.2 Å². The summed E-state index contributed by atoms with van der Waals surface area (Å²) in [5.41, 5.74) is 1.87. The summed E-state index contributed by atoms with van der Waals surface area (Å²) in [6.07, 6.45) is 3.45. The number of carbonyl (C=O) groups excluding carboxylic acids is 2. The number of methoxy groups -OCH3 is 1. The van der Waals surface area contributed by atoms with E-state index in [0.29, 0.717) is 42.3 Å². The van der Waals surface area contributed by atoms with Crippen LogP contribution in [0.3, 0.4) is 0 Å². The minimum Gasteiger partial charge on any atom is -0.496 e. The molecule has 1 atom stereocenters. The minimum absolute atomic E-state index is 0.0778. The van der Waals surface area contributed by atoms with Crippen LogP contribution in [0.15, 0.2) is 15.3 Å². The first-order chi connectivity index (χ1) is 16.6. The Kier molecular flexibility index (Phi) is 7.10. The zero-order valence-corrected chi connectivity index (χ0v) is 21.3. The van der Waals surface area contributed by atoms with Crippen LogP contribution in [-0.4, -0.2) is 49.2 Å². The number of hydrogen-bond acceptors (Lipinski definition) is 7. The number of piperidine rings is 1. The Labute approximate surface area is 205 Å². The van der Waals surface area contributed by atoms with Gasteiger partial charge in [0.2, 0.25) is 5.91 Å². The van der Waals surface area contributed by atoms with Gasteiger partial charge in [0, 0.05) is 36.7 Å². The summed E-state index contributed by atoms with van der Waals surface area (Å²) in [5.74, 6) is 0.642. The van der Waals surface area contributed by atoms with E-state index in [1.165, 1.54) is 0 Å². The number of aryl methyl sites for hydroxylation is 2. The lowest BCUT2D eigenvalue weighted by Crippen LogP contribution is -2.43. The molecule has 0 spiro atoms. The largest absolute Gasteiger partial charge is 0.496 e. The lowest BCUT2D eigenvalue weighted by atomic mass is 9.91. The fourth-order valence-corrected chi connectivity index (χ4v) is 5.18. The second kappa shape index (κ2) is 9.91. The number of benzene rings is 1. The molecular formula is C27H35NO7. The van der Waals surface area contributed by atoms with Gasteiger partial charge in [-0.25, -0.2) is 4.79 Å². The smallest absolute Gasteiger partial charge is 0.339 e. The van der Waals surface area contributed by atoms with Crippen molar-refractivity contribution < 1.29 is 28.2 Å². The van der Waals surface area contributed by atoms with E-state index in [4.69, 9.17) is 18.6 Å². The first-order valence-corrected chi connectivity index (χ1v) is 12.4. The summed E-state index contributed by atoms with van der Waals surface area (Å²) in [4.78, 5) is 39.8. The van der Waals surface area contributed by atoms with Crippen LogP contribution in [-0.2, 0) is 27.2 Å². The summed E-state index contributed by atoms with van der Waals surface area (Å²) in [6, 6.07) is 1.86. The third-order valence-electron chi connectivity index (χ3n) is 7.14. The number of esters is 1. The molecule has 0 bridgehead atoms. The quantitative estimate of drug-likeness (QED) is 0.452. The van der Waals surface area contributed by atoms with Gasteiger partial charge < -0.3 is 23.5 Å². The Morgan fingerprint density at radius 2 is 2.06 bits per heavy atom. The van der Waals surface area contributed by atoms with E-state index < -0.39 is 5.63 Å². The Bertz CT molecular complexity index is 1200. The fraction of sp³-hybridized carbons (Fsp3) is 0.593. The minimum atomic E-state index is -0.439. The van der Waals surface area contributed by atoms with Crippen molar-refractivity contribution in [1.29, 1.82) is 0 Å². The zero-order valence-electron chi connectivity index (χ0n) is 21.3. The lowest BCUT2D eigenvalue weighted by Gasteiger charge is -2.33. The van der Waals surface area contributed by atoms with Crippen LogP contribution in [0.2, 0.25) is 0 Å². The third-order valence-corrected chi connectivity index (χ3v) is 7.14. The van der Waals surface area contributed by atoms with Gasteiger partial charge in [-0.3, -0.25) is 9.59 Å². The SMILES string of the molecule is CCOC(=O)[C@H]1CCCN(C(=O)CCc2c(C)c3c(OC)cc4c(c3oc2=O)CCC(C)(C)O4)C1. The average molecular weight is 486 g/mol. The van der Waals surface area contributed by atoms with Crippen molar-refractivity contribution in [2.45, 2.75) is 71.8 Å². The standard InChI is InChI=1S/C27H35NO7/c1-6-33-25(30)17-8-7-13-28(15-17)22(29)10-9-18-16(2)23-21(32-5)14-20-19(24(23)34-26(18)31)11-12-27(3,4)35-20/h14,17H,6-13,15H2,1-5H3/t17-/m0/s1. The van der Waals surface area contributed by atoms with Crippen molar-refractivity contribution in [2.75, 3.05) is 26.8 Å². The van der Waals surface area contributed by atoms with Crippen molar-refractivity contribution >= 4 is 22.8 Å². The second-order valence-corrected chi connectivity index (χ2v) is 10.0. The highest BCUT2D eigenvalue weighted by atomic mass is 16.5. The van der Waals surface area contributed by atoms with E-state index in [1.54, 1.807) is 18.9 Å². The number of fused-ring (bicyclic) bond motifs is 3. The summed E-state index contributed by atoms with van der Waals surface area (Å²) in [7, 11) is 1.58.